The van der Waals surface area contributed by atoms with Gasteiger partial charge in [-0.05, 0) is 47.9 Å². The molecule has 0 heterocycles. The van der Waals surface area contributed by atoms with Crippen LogP contribution in [0, 0.1) is 11.8 Å². The van der Waals surface area contributed by atoms with Crippen LogP contribution in [-0.2, 0) is 14.3 Å². The number of carbonyl (C=O) groups excluding carboxylic acids is 2. The summed E-state index contributed by atoms with van der Waals surface area (Å²) in [5.74, 6) is -2.33. The standard InChI is InChI=1S/C28H34N2O5/c1-5-6-15-24(27(32)33)30-26(31)25(17(2)3)18(4)29-28(34)35-16-23-21-13-9-7-11-19(21)20-12-8-10-14-22(20)23/h5,7-14,17-18,23-25H,1,6,15-16H2,2-4H3,(H,29,34)(H,30,31)(H,32,33). The van der Waals surface area contributed by atoms with Gasteiger partial charge in [-0.1, -0.05) is 68.5 Å². The van der Waals surface area contributed by atoms with Crippen LogP contribution in [0.5, 0.6) is 0 Å². The molecule has 3 N–H and O–H groups in total. The molecule has 3 rings (SSSR count). The molecule has 0 fully saturated rings. The largest absolute Gasteiger partial charge is 0.480 e. The van der Waals surface area contributed by atoms with E-state index < -0.39 is 36.0 Å². The highest BCUT2D eigenvalue weighted by atomic mass is 16.5. The van der Waals surface area contributed by atoms with Crippen molar-refractivity contribution < 1.29 is 24.2 Å². The van der Waals surface area contributed by atoms with E-state index in [2.05, 4.69) is 29.3 Å². The smallest absolute Gasteiger partial charge is 0.407 e. The van der Waals surface area contributed by atoms with Gasteiger partial charge in [-0.3, -0.25) is 4.79 Å². The molecule has 7 nitrogen and oxygen atoms in total. The fraction of sp³-hybridized carbons (Fsp3) is 0.393. The number of benzene rings is 2. The number of carboxylic acids is 1. The monoisotopic (exact) mass is 478 g/mol. The maximum atomic E-state index is 12.9. The van der Waals surface area contributed by atoms with Gasteiger partial charge in [0.15, 0.2) is 0 Å². The van der Waals surface area contributed by atoms with Gasteiger partial charge in [-0.15, -0.1) is 6.58 Å². The van der Waals surface area contributed by atoms with E-state index in [-0.39, 0.29) is 24.9 Å². The number of carboxylic acid groups (broad SMARTS) is 1. The summed E-state index contributed by atoms with van der Waals surface area (Å²) < 4.78 is 5.61. The van der Waals surface area contributed by atoms with Crippen LogP contribution >= 0.6 is 0 Å². The summed E-state index contributed by atoms with van der Waals surface area (Å²) in [5, 5.41) is 14.8. The molecule has 2 amide bonds. The van der Waals surface area contributed by atoms with Crippen LogP contribution in [-0.4, -0.2) is 41.8 Å². The third-order valence-electron chi connectivity index (χ3n) is 6.52. The Bertz CT molecular complexity index is 1040. The van der Waals surface area contributed by atoms with Crippen LogP contribution in [0.4, 0.5) is 4.79 Å². The summed E-state index contributed by atoms with van der Waals surface area (Å²) in [6, 6.07) is 14.6. The SMILES string of the molecule is C=CCCC(NC(=O)C(C(C)C)C(C)NC(=O)OCC1c2ccccc2-c2ccccc21)C(=O)O. The van der Waals surface area contributed by atoms with Crippen molar-refractivity contribution in [3.05, 3.63) is 72.3 Å². The third kappa shape index (κ3) is 6.10. The van der Waals surface area contributed by atoms with E-state index in [0.717, 1.165) is 22.3 Å². The molecule has 0 spiro atoms. The van der Waals surface area contributed by atoms with E-state index in [0.29, 0.717) is 6.42 Å². The molecule has 0 radical (unpaired) electrons. The zero-order valence-electron chi connectivity index (χ0n) is 20.5. The minimum absolute atomic E-state index is 0.0613. The highest BCUT2D eigenvalue weighted by molar-refractivity contribution is 5.86. The van der Waals surface area contributed by atoms with E-state index >= 15 is 0 Å². The predicted octanol–water partition coefficient (Wildman–Crippen LogP) is 4.72. The molecule has 2 aromatic carbocycles. The lowest BCUT2D eigenvalue weighted by Crippen LogP contribution is -2.51. The Balaban J connectivity index is 1.63. The fourth-order valence-electron chi connectivity index (χ4n) is 4.83. The molecule has 0 saturated heterocycles. The van der Waals surface area contributed by atoms with Crippen molar-refractivity contribution >= 4 is 18.0 Å². The molecule has 1 aliphatic carbocycles. The summed E-state index contributed by atoms with van der Waals surface area (Å²) in [5.41, 5.74) is 4.53. The summed E-state index contributed by atoms with van der Waals surface area (Å²) in [7, 11) is 0. The molecule has 3 atom stereocenters. The molecule has 3 unspecified atom stereocenters. The third-order valence-corrected chi connectivity index (χ3v) is 6.52. The normalized spacial score (nSPS) is 14.9. The van der Waals surface area contributed by atoms with Crippen molar-refractivity contribution in [1.29, 1.82) is 0 Å². The number of rotatable bonds is 11. The van der Waals surface area contributed by atoms with Crippen molar-refractivity contribution in [2.24, 2.45) is 11.8 Å². The maximum absolute atomic E-state index is 12.9. The number of hydrogen-bond donors (Lipinski definition) is 3. The molecule has 35 heavy (non-hydrogen) atoms. The highest BCUT2D eigenvalue weighted by Crippen LogP contribution is 2.44. The average Bonchev–Trinajstić information content (AvgIpc) is 3.13. The van der Waals surface area contributed by atoms with Crippen molar-refractivity contribution in [2.75, 3.05) is 6.61 Å². The molecule has 0 bridgehead atoms. The number of hydrogen-bond acceptors (Lipinski definition) is 4. The van der Waals surface area contributed by atoms with E-state index in [9.17, 15) is 19.5 Å². The first-order valence-corrected chi connectivity index (χ1v) is 12.0. The lowest BCUT2D eigenvalue weighted by atomic mass is 9.88. The van der Waals surface area contributed by atoms with E-state index in [1.807, 2.05) is 50.2 Å². The molecule has 0 saturated carbocycles. The number of ether oxygens (including phenoxy) is 1. The fourth-order valence-corrected chi connectivity index (χ4v) is 4.83. The first kappa shape index (κ1) is 26.0. The van der Waals surface area contributed by atoms with Gasteiger partial charge >= 0.3 is 12.1 Å². The van der Waals surface area contributed by atoms with E-state index in [4.69, 9.17) is 4.74 Å². The van der Waals surface area contributed by atoms with Crippen LogP contribution in [0.25, 0.3) is 11.1 Å². The maximum Gasteiger partial charge on any atom is 0.407 e. The quantitative estimate of drug-likeness (QED) is 0.405. The minimum Gasteiger partial charge on any atom is -0.480 e. The highest BCUT2D eigenvalue weighted by Gasteiger charge is 2.33. The molecular formula is C28H34N2O5. The second-order valence-corrected chi connectivity index (χ2v) is 9.29. The van der Waals surface area contributed by atoms with Crippen LogP contribution in [0.3, 0.4) is 0 Å². The number of allylic oxidation sites excluding steroid dienone is 1. The van der Waals surface area contributed by atoms with Crippen molar-refractivity contribution in [3.63, 3.8) is 0 Å². The topological polar surface area (TPSA) is 105 Å². The summed E-state index contributed by atoms with van der Waals surface area (Å²) in [4.78, 5) is 37.1. The zero-order chi connectivity index (χ0) is 25.5. The number of carbonyl (C=O) groups is 3. The van der Waals surface area contributed by atoms with Gasteiger partial charge in [0.05, 0.1) is 5.92 Å². The number of alkyl carbamates (subject to hydrolysis) is 1. The van der Waals surface area contributed by atoms with Gasteiger partial charge < -0.3 is 20.5 Å². The number of aliphatic carboxylic acids is 1. The Hall–Kier alpha value is -3.61. The van der Waals surface area contributed by atoms with Crippen molar-refractivity contribution in [2.45, 2.75) is 51.6 Å². The Morgan fingerprint density at radius 2 is 1.57 bits per heavy atom. The number of fused-ring (bicyclic) bond motifs is 3. The summed E-state index contributed by atoms with van der Waals surface area (Å²) >= 11 is 0. The lowest BCUT2D eigenvalue weighted by Gasteiger charge is -2.28. The second kappa shape index (κ2) is 11.7. The second-order valence-electron chi connectivity index (χ2n) is 9.29. The van der Waals surface area contributed by atoms with Gasteiger partial charge in [0.25, 0.3) is 0 Å². The number of nitrogens with one attached hydrogen (secondary N) is 2. The van der Waals surface area contributed by atoms with E-state index in [1.54, 1.807) is 13.0 Å². The summed E-state index contributed by atoms with van der Waals surface area (Å²) in [6.07, 6.45) is 1.73. The van der Waals surface area contributed by atoms with Gasteiger partial charge in [0.1, 0.15) is 12.6 Å². The summed E-state index contributed by atoms with van der Waals surface area (Å²) in [6.45, 7) is 9.22. The van der Waals surface area contributed by atoms with Gasteiger partial charge in [0.2, 0.25) is 5.91 Å². The Labute approximate surface area is 206 Å². The molecule has 186 valence electrons. The Kier molecular flexibility index (Phi) is 8.68. The minimum atomic E-state index is -1.10. The Morgan fingerprint density at radius 1 is 1.00 bits per heavy atom. The zero-order valence-corrected chi connectivity index (χ0v) is 20.5. The first-order valence-electron chi connectivity index (χ1n) is 12.0. The Morgan fingerprint density at radius 3 is 2.09 bits per heavy atom. The molecule has 2 aromatic rings. The lowest BCUT2D eigenvalue weighted by molar-refractivity contribution is -0.143. The van der Waals surface area contributed by atoms with Crippen molar-refractivity contribution in [1.82, 2.24) is 10.6 Å². The van der Waals surface area contributed by atoms with Crippen LogP contribution in [0.2, 0.25) is 0 Å². The van der Waals surface area contributed by atoms with Crippen LogP contribution in [0.1, 0.15) is 50.7 Å². The van der Waals surface area contributed by atoms with E-state index in [1.165, 1.54) is 0 Å². The molecule has 0 aromatic heterocycles. The molecular weight excluding hydrogens is 444 g/mol. The van der Waals surface area contributed by atoms with Crippen LogP contribution in [0.15, 0.2) is 61.2 Å². The molecule has 1 aliphatic rings. The van der Waals surface area contributed by atoms with Crippen molar-refractivity contribution in [3.8, 4) is 11.1 Å². The number of amides is 2. The molecule has 0 aliphatic heterocycles. The average molecular weight is 479 g/mol. The van der Waals surface area contributed by atoms with Gasteiger partial charge in [-0.25, -0.2) is 9.59 Å². The predicted molar refractivity (Wildman–Crippen MR) is 135 cm³/mol. The van der Waals surface area contributed by atoms with Gasteiger partial charge in [-0.2, -0.15) is 0 Å². The van der Waals surface area contributed by atoms with Crippen LogP contribution < -0.4 is 10.6 Å². The molecule has 7 heteroatoms. The van der Waals surface area contributed by atoms with Gasteiger partial charge in [0, 0.05) is 12.0 Å². The first-order chi connectivity index (χ1) is 16.7.